The number of carbonyl (C=O) groups is 2. The lowest BCUT2D eigenvalue weighted by Gasteiger charge is -2.43. The zero-order valence-electron chi connectivity index (χ0n) is 26.5. The molecule has 4 atom stereocenters. The van der Waals surface area contributed by atoms with Crippen molar-refractivity contribution < 1.29 is 29.5 Å². The number of nitrogens with zero attached hydrogens (tertiary/aromatic N) is 2. The second kappa shape index (κ2) is 14.6. The largest absolute Gasteiger partial charge is 0.507 e. The Balaban J connectivity index is 1.18. The van der Waals surface area contributed by atoms with Crippen molar-refractivity contribution in [2.24, 2.45) is 17.8 Å². The van der Waals surface area contributed by atoms with Gasteiger partial charge < -0.3 is 19.9 Å². The van der Waals surface area contributed by atoms with E-state index < -0.39 is 25.1 Å². The quantitative estimate of drug-likeness (QED) is 0.170. The lowest BCUT2D eigenvalue weighted by Crippen LogP contribution is -2.48. The van der Waals surface area contributed by atoms with Crippen LogP contribution in [0.25, 0.3) is 6.08 Å². The van der Waals surface area contributed by atoms with Gasteiger partial charge in [0.25, 0.3) is 0 Å². The molecule has 3 heterocycles. The van der Waals surface area contributed by atoms with Gasteiger partial charge in [0.15, 0.2) is 0 Å². The van der Waals surface area contributed by atoms with Crippen LogP contribution in [-0.4, -0.2) is 75.8 Å². The van der Waals surface area contributed by atoms with Crippen LogP contribution < -0.4 is 0 Å². The summed E-state index contributed by atoms with van der Waals surface area (Å²) in [6, 6.07) is 15.6. The Morgan fingerprint density at radius 1 is 1.07 bits per heavy atom. The van der Waals surface area contributed by atoms with E-state index in [1.807, 2.05) is 30.3 Å². The van der Waals surface area contributed by atoms with Gasteiger partial charge in [-0.3, -0.25) is 19.4 Å². The molecule has 0 bridgehead atoms. The molecule has 4 aliphatic rings. The molecule has 2 amide bonds. The van der Waals surface area contributed by atoms with Gasteiger partial charge in [0.05, 0.1) is 24.5 Å². The third kappa shape index (κ3) is 6.92. The molecule has 8 nitrogen and oxygen atoms in total. The lowest BCUT2D eigenvalue weighted by molar-refractivity contribution is -0.144. The summed E-state index contributed by atoms with van der Waals surface area (Å²) < 4.78 is 6.99. The zero-order valence-corrected chi connectivity index (χ0v) is 28.1. The van der Waals surface area contributed by atoms with Crippen molar-refractivity contribution in [3.8, 4) is 5.75 Å². The van der Waals surface area contributed by atoms with Crippen LogP contribution >= 0.6 is 15.9 Å². The van der Waals surface area contributed by atoms with Crippen LogP contribution in [0.2, 0.25) is 6.32 Å². The number of halogens is 1. The molecule has 6 rings (SSSR count). The maximum atomic E-state index is 14.1. The molecule has 244 valence electrons. The van der Waals surface area contributed by atoms with Crippen LogP contribution in [0.5, 0.6) is 5.75 Å². The highest BCUT2D eigenvalue weighted by Crippen LogP contribution is 2.51. The Morgan fingerprint density at radius 3 is 2.54 bits per heavy atom. The third-order valence-corrected chi connectivity index (χ3v) is 10.8. The molecule has 3 N–H and O–H groups in total. The number of fused-ring (bicyclic) bond motifs is 3. The van der Waals surface area contributed by atoms with Crippen LogP contribution in [0.15, 0.2) is 69.7 Å². The van der Waals surface area contributed by atoms with E-state index in [1.54, 1.807) is 17.0 Å². The van der Waals surface area contributed by atoms with Gasteiger partial charge in [-0.15, -0.1) is 0 Å². The fourth-order valence-electron chi connectivity index (χ4n) is 8.24. The van der Waals surface area contributed by atoms with Gasteiger partial charge in [-0.1, -0.05) is 71.3 Å². The first-order valence-electron chi connectivity index (χ1n) is 16.7. The molecule has 2 aromatic rings. The SMILES string of the molecule is CCC/C(=C\c1cc(Br)ccc1O)CC[C@H]1OB(O)C[C@H]2C1=C(CO)C[C@H]1C(=O)N(C3CCN(Cc4ccccc4)CC3)C(=O)[C@H]12. The van der Waals surface area contributed by atoms with Crippen molar-refractivity contribution in [2.45, 2.75) is 76.9 Å². The molecular weight excluding hydrogens is 647 g/mol. The Kier molecular flexibility index (Phi) is 10.5. The number of allylic oxidation sites excluding steroid dienone is 1. The predicted octanol–water partition coefficient (Wildman–Crippen LogP) is 5.57. The van der Waals surface area contributed by atoms with Gasteiger partial charge in [0.2, 0.25) is 11.8 Å². The topological polar surface area (TPSA) is 111 Å². The molecule has 3 aliphatic heterocycles. The summed E-state index contributed by atoms with van der Waals surface area (Å²) in [7, 11) is -1.05. The number of imide groups is 1. The minimum atomic E-state index is -1.05. The summed E-state index contributed by atoms with van der Waals surface area (Å²) in [6.45, 7) is 4.41. The van der Waals surface area contributed by atoms with Gasteiger partial charge in [-0.25, -0.2) is 0 Å². The van der Waals surface area contributed by atoms with Crippen LogP contribution in [0.4, 0.5) is 0 Å². The number of carbonyl (C=O) groups excluding carboxylic acids is 2. The number of phenolic OH excluding ortho intramolecular Hbond substituents is 1. The van der Waals surface area contributed by atoms with Gasteiger partial charge in [0.1, 0.15) is 5.75 Å². The van der Waals surface area contributed by atoms with Crippen LogP contribution in [0.1, 0.15) is 63.0 Å². The normalized spacial score (nSPS) is 26.1. The first-order chi connectivity index (χ1) is 22.3. The molecule has 2 aromatic carbocycles. The number of aliphatic hydroxyl groups excluding tert-OH is 1. The molecule has 0 spiro atoms. The van der Waals surface area contributed by atoms with Crippen molar-refractivity contribution in [2.75, 3.05) is 19.7 Å². The van der Waals surface area contributed by atoms with Crippen LogP contribution in [-0.2, 0) is 20.8 Å². The van der Waals surface area contributed by atoms with E-state index in [-0.39, 0.29) is 42.5 Å². The van der Waals surface area contributed by atoms with Crippen molar-refractivity contribution in [3.05, 3.63) is 80.8 Å². The minimum absolute atomic E-state index is 0.124. The number of aromatic hydroxyl groups is 1. The second-order valence-electron chi connectivity index (χ2n) is 13.3. The molecule has 1 aliphatic carbocycles. The monoisotopic (exact) mass is 690 g/mol. The van der Waals surface area contributed by atoms with Gasteiger partial charge in [-0.2, -0.15) is 0 Å². The maximum absolute atomic E-state index is 14.1. The lowest BCUT2D eigenvalue weighted by atomic mass is 9.58. The second-order valence-corrected chi connectivity index (χ2v) is 14.2. The molecule has 0 radical (unpaired) electrons. The molecular formula is C36H44BBrN2O6. The molecule has 46 heavy (non-hydrogen) atoms. The van der Waals surface area contributed by atoms with Gasteiger partial charge in [-0.05, 0) is 85.7 Å². The summed E-state index contributed by atoms with van der Waals surface area (Å²) in [4.78, 5) is 32.0. The highest BCUT2D eigenvalue weighted by Gasteiger charge is 2.58. The highest BCUT2D eigenvalue weighted by molar-refractivity contribution is 9.10. The number of phenols is 1. The van der Waals surface area contributed by atoms with E-state index in [4.69, 9.17) is 4.65 Å². The predicted molar refractivity (Wildman–Crippen MR) is 181 cm³/mol. The summed E-state index contributed by atoms with van der Waals surface area (Å²) in [6.07, 6.45) is 6.63. The summed E-state index contributed by atoms with van der Waals surface area (Å²) >= 11 is 3.49. The Labute approximate surface area is 280 Å². The maximum Gasteiger partial charge on any atom is 0.455 e. The summed E-state index contributed by atoms with van der Waals surface area (Å²) in [5, 5.41) is 31.9. The Bertz CT molecular complexity index is 1490. The van der Waals surface area contributed by atoms with E-state index in [9.17, 15) is 24.8 Å². The van der Waals surface area contributed by atoms with Gasteiger partial charge in [0, 0.05) is 35.7 Å². The molecule has 0 saturated carbocycles. The number of aliphatic hydroxyl groups is 1. The van der Waals surface area contributed by atoms with Crippen molar-refractivity contribution >= 4 is 40.9 Å². The zero-order chi connectivity index (χ0) is 32.4. The standard InChI is InChI=1S/C36H44BBrN2O6/c1-2-6-23(17-25-18-27(38)10-11-31(25)42)9-12-32-33-26(22-41)19-29-34(30(33)20-37(45)46-32)36(44)40(35(29)43)28-13-15-39(16-14-28)21-24-7-4-3-5-8-24/h3-5,7-8,10-11,17-18,28-30,32,34,41-42,45H,2,6,9,12-16,19-22H2,1H3/b23-17+/t29-,30+,32-,34-/m1/s1. The van der Waals surface area contributed by atoms with Crippen molar-refractivity contribution in [3.63, 3.8) is 0 Å². The number of rotatable bonds is 10. The Hall–Kier alpha value is -2.76. The van der Waals surface area contributed by atoms with E-state index in [1.165, 1.54) is 5.56 Å². The number of likely N-dealkylation sites (tertiary alicyclic amines) is 2. The van der Waals surface area contributed by atoms with E-state index in [2.05, 4.69) is 39.9 Å². The molecule has 10 heteroatoms. The molecule has 3 fully saturated rings. The van der Waals surface area contributed by atoms with E-state index in [0.717, 1.165) is 72.1 Å². The number of hydrogen-bond donors (Lipinski definition) is 3. The number of hydrogen-bond acceptors (Lipinski definition) is 7. The molecule has 0 unspecified atom stereocenters. The van der Waals surface area contributed by atoms with E-state index in [0.29, 0.717) is 19.3 Å². The first kappa shape index (κ1) is 33.2. The smallest absolute Gasteiger partial charge is 0.455 e. The third-order valence-electron chi connectivity index (χ3n) is 10.4. The fourth-order valence-corrected chi connectivity index (χ4v) is 8.62. The molecule has 3 saturated heterocycles. The minimum Gasteiger partial charge on any atom is -0.507 e. The van der Waals surface area contributed by atoms with Crippen molar-refractivity contribution in [1.29, 1.82) is 0 Å². The average Bonchev–Trinajstić information content (AvgIpc) is 3.30. The molecule has 0 aromatic heterocycles. The van der Waals surface area contributed by atoms with Crippen LogP contribution in [0, 0.1) is 17.8 Å². The number of piperidine rings is 1. The fraction of sp³-hybridized carbons (Fsp3) is 0.500. The summed E-state index contributed by atoms with van der Waals surface area (Å²) in [5.41, 5.74) is 4.81. The van der Waals surface area contributed by atoms with E-state index >= 15 is 0 Å². The van der Waals surface area contributed by atoms with Gasteiger partial charge >= 0.3 is 7.12 Å². The summed E-state index contributed by atoms with van der Waals surface area (Å²) in [5.74, 6) is -1.43. The number of benzene rings is 2. The van der Waals surface area contributed by atoms with Crippen molar-refractivity contribution in [1.82, 2.24) is 9.80 Å². The Morgan fingerprint density at radius 2 is 1.83 bits per heavy atom. The highest BCUT2D eigenvalue weighted by atomic mass is 79.9. The van der Waals surface area contributed by atoms with Crippen LogP contribution in [0.3, 0.4) is 0 Å². The first-order valence-corrected chi connectivity index (χ1v) is 17.5. The average molecular weight is 691 g/mol. The number of amides is 2.